The van der Waals surface area contributed by atoms with Gasteiger partial charge in [-0.3, -0.25) is 9.59 Å². The number of hydrogen-bond donors (Lipinski definition) is 2. The Balaban J connectivity index is 1.98. The van der Waals surface area contributed by atoms with Crippen molar-refractivity contribution in [2.75, 3.05) is 6.54 Å². The number of carboxylic acid groups (broad SMARTS) is 1. The van der Waals surface area contributed by atoms with Gasteiger partial charge in [0.15, 0.2) is 0 Å². The van der Waals surface area contributed by atoms with Crippen LogP contribution in [0.25, 0.3) is 0 Å². The van der Waals surface area contributed by atoms with Crippen molar-refractivity contribution >= 4 is 11.9 Å². The Kier molecular flexibility index (Phi) is 4.61. The number of carboxylic acids is 1. The molecule has 106 valence electrons. The highest BCUT2D eigenvalue weighted by Gasteiger charge is 2.47. The molecule has 0 spiro atoms. The average molecular weight is 265 g/mol. The lowest BCUT2D eigenvalue weighted by Gasteiger charge is -2.41. The highest BCUT2D eigenvalue weighted by atomic mass is 16.4. The van der Waals surface area contributed by atoms with Crippen LogP contribution in [0.15, 0.2) is 12.2 Å². The number of fused-ring (bicyclic) bond motifs is 2. The maximum Gasteiger partial charge on any atom is 0.307 e. The molecule has 0 aromatic rings. The van der Waals surface area contributed by atoms with Crippen LogP contribution in [0.1, 0.15) is 39.0 Å². The first kappa shape index (κ1) is 14.1. The van der Waals surface area contributed by atoms with Crippen molar-refractivity contribution in [3.8, 4) is 0 Å². The fourth-order valence-electron chi connectivity index (χ4n) is 3.39. The van der Waals surface area contributed by atoms with Crippen LogP contribution in [-0.4, -0.2) is 23.5 Å². The van der Waals surface area contributed by atoms with E-state index in [0.717, 1.165) is 32.1 Å². The quantitative estimate of drug-likeness (QED) is 0.571. The van der Waals surface area contributed by atoms with Gasteiger partial charge >= 0.3 is 5.97 Å². The normalized spacial score (nSPS) is 32.3. The van der Waals surface area contributed by atoms with Crippen LogP contribution in [0.2, 0.25) is 0 Å². The maximum absolute atomic E-state index is 12.3. The second kappa shape index (κ2) is 6.22. The third-order valence-electron chi connectivity index (χ3n) is 4.42. The van der Waals surface area contributed by atoms with E-state index in [1.807, 2.05) is 12.2 Å². The van der Waals surface area contributed by atoms with E-state index in [0.29, 0.717) is 6.54 Å². The molecule has 0 saturated heterocycles. The lowest BCUT2D eigenvalue weighted by molar-refractivity contribution is -0.152. The Morgan fingerprint density at radius 2 is 1.79 bits per heavy atom. The molecule has 0 aromatic carbocycles. The van der Waals surface area contributed by atoms with Gasteiger partial charge in [0.25, 0.3) is 0 Å². The molecule has 3 aliphatic carbocycles. The molecule has 1 fully saturated rings. The number of allylic oxidation sites excluding steroid dienone is 2. The zero-order valence-corrected chi connectivity index (χ0v) is 11.5. The smallest absolute Gasteiger partial charge is 0.307 e. The van der Waals surface area contributed by atoms with Crippen molar-refractivity contribution in [3.63, 3.8) is 0 Å². The van der Waals surface area contributed by atoms with Crippen molar-refractivity contribution in [2.24, 2.45) is 23.7 Å². The molecule has 4 unspecified atom stereocenters. The Morgan fingerprint density at radius 3 is 2.32 bits per heavy atom. The molecular formula is C15H23NO3. The van der Waals surface area contributed by atoms with Gasteiger partial charge in [-0.15, -0.1) is 0 Å². The fraction of sp³-hybridized carbons (Fsp3) is 0.733. The van der Waals surface area contributed by atoms with Crippen LogP contribution >= 0.6 is 0 Å². The van der Waals surface area contributed by atoms with E-state index in [4.69, 9.17) is 0 Å². The lowest BCUT2D eigenvalue weighted by Crippen LogP contribution is -2.49. The molecule has 0 heterocycles. The molecular weight excluding hydrogens is 242 g/mol. The first-order chi connectivity index (χ1) is 9.15. The summed E-state index contributed by atoms with van der Waals surface area (Å²) < 4.78 is 0. The van der Waals surface area contributed by atoms with E-state index in [-0.39, 0.29) is 23.7 Å². The van der Waals surface area contributed by atoms with Gasteiger partial charge in [-0.05, 0) is 31.1 Å². The summed E-state index contributed by atoms with van der Waals surface area (Å²) in [5.41, 5.74) is 0. The van der Waals surface area contributed by atoms with Crippen LogP contribution in [0.4, 0.5) is 0 Å². The Morgan fingerprint density at radius 1 is 1.16 bits per heavy atom. The van der Waals surface area contributed by atoms with Crippen LogP contribution < -0.4 is 5.32 Å². The van der Waals surface area contributed by atoms with Gasteiger partial charge < -0.3 is 10.4 Å². The Bertz CT molecular complexity index is 378. The van der Waals surface area contributed by atoms with Gasteiger partial charge in [0, 0.05) is 6.54 Å². The van der Waals surface area contributed by atoms with Gasteiger partial charge in [-0.2, -0.15) is 0 Å². The molecule has 0 radical (unpaired) electrons. The van der Waals surface area contributed by atoms with Crippen LogP contribution in [-0.2, 0) is 9.59 Å². The molecule has 1 amide bonds. The number of carbonyl (C=O) groups is 2. The van der Waals surface area contributed by atoms with Crippen molar-refractivity contribution in [1.82, 2.24) is 5.32 Å². The van der Waals surface area contributed by atoms with Gasteiger partial charge in [0.05, 0.1) is 11.8 Å². The van der Waals surface area contributed by atoms with Gasteiger partial charge in [-0.1, -0.05) is 31.9 Å². The standard InChI is InChI=1S/C15H23NO3/c1-2-3-4-9-16-14(17)12-10-5-7-11(8-6-10)13(12)15(18)19/h5,7,10-13H,2-4,6,8-9H2,1H3,(H,16,17)(H,18,19). The molecule has 3 aliphatic rings. The highest BCUT2D eigenvalue weighted by molar-refractivity contribution is 5.86. The monoisotopic (exact) mass is 265 g/mol. The van der Waals surface area contributed by atoms with Gasteiger partial charge in [0.1, 0.15) is 0 Å². The first-order valence-corrected chi connectivity index (χ1v) is 7.34. The molecule has 0 aliphatic heterocycles. The third kappa shape index (κ3) is 2.99. The summed E-state index contributed by atoms with van der Waals surface area (Å²) in [6, 6.07) is 0. The summed E-state index contributed by atoms with van der Waals surface area (Å²) >= 11 is 0. The van der Waals surface area contributed by atoms with Gasteiger partial charge in [0.2, 0.25) is 5.91 Å². The molecule has 1 saturated carbocycles. The summed E-state index contributed by atoms with van der Waals surface area (Å²) in [6.45, 7) is 2.78. The number of aliphatic carboxylic acids is 1. The fourth-order valence-corrected chi connectivity index (χ4v) is 3.39. The summed E-state index contributed by atoms with van der Waals surface area (Å²) in [6.07, 6.45) is 9.06. The minimum Gasteiger partial charge on any atom is -0.481 e. The van der Waals surface area contributed by atoms with Crippen LogP contribution in [0.3, 0.4) is 0 Å². The molecule has 4 atom stereocenters. The summed E-state index contributed by atoms with van der Waals surface area (Å²) in [7, 11) is 0. The van der Waals surface area contributed by atoms with Crippen LogP contribution in [0.5, 0.6) is 0 Å². The molecule has 4 nitrogen and oxygen atoms in total. The zero-order chi connectivity index (χ0) is 13.8. The average Bonchev–Trinajstić information content (AvgIpc) is 2.43. The number of unbranched alkanes of at least 4 members (excludes halogenated alkanes) is 2. The van der Waals surface area contributed by atoms with E-state index in [2.05, 4.69) is 12.2 Å². The lowest BCUT2D eigenvalue weighted by atomic mass is 9.62. The molecule has 2 bridgehead atoms. The maximum atomic E-state index is 12.3. The van der Waals surface area contributed by atoms with E-state index in [1.54, 1.807) is 0 Å². The van der Waals surface area contributed by atoms with Crippen molar-refractivity contribution in [3.05, 3.63) is 12.2 Å². The zero-order valence-electron chi connectivity index (χ0n) is 11.5. The predicted molar refractivity (Wildman–Crippen MR) is 72.5 cm³/mol. The van der Waals surface area contributed by atoms with E-state index < -0.39 is 11.9 Å². The second-order valence-corrected chi connectivity index (χ2v) is 5.68. The number of nitrogens with one attached hydrogen (secondary N) is 1. The summed E-state index contributed by atoms with van der Waals surface area (Å²) in [4.78, 5) is 23.7. The van der Waals surface area contributed by atoms with Crippen molar-refractivity contribution in [1.29, 1.82) is 0 Å². The topological polar surface area (TPSA) is 66.4 Å². The third-order valence-corrected chi connectivity index (χ3v) is 4.42. The number of hydrogen-bond acceptors (Lipinski definition) is 2. The van der Waals surface area contributed by atoms with E-state index in [1.165, 1.54) is 0 Å². The van der Waals surface area contributed by atoms with E-state index >= 15 is 0 Å². The van der Waals surface area contributed by atoms with Crippen molar-refractivity contribution in [2.45, 2.75) is 39.0 Å². The van der Waals surface area contributed by atoms with Gasteiger partial charge in [-0.25, -0.2) is 0 Å². The van der Waals surface area contributed by atoms with Crippen molar-refractivity contribution < 1.29 is 14.7 Å². The second-order valence-electron chi connectivity index (χ2n) is 5.68. The minimum atomic E-state index is -0.826. The number of rotatable bonds is 6. The Labute approximate surface area is 114 Å². The molecule has 4 heteroatoms. The molecule has 0 aromatic heterocycles. The Hall–Kier alpha value is -1.32. The highest BCUT2D eigenvalue weighted by Crippen LogP contribution is 2.44. The molecule has 2 N–H and O–H groups in total. The predicted octanol–water partition coefficient (Wildman–Crippen LogP) is 2.21. The SMILES string of the molecule is CCCCCNC(=O)C1C2C=CC(CC2)C1C(=O)O. The molecule has 19 heavy (non-hydrogen) atoms. The largest absolute Gasteiger partial charge is 0.481 e. The summed E-state index contributed by atoms with van der Waals surface area (Å²) in [5.74, 6) is -1.65. The summed E-state index contributed by atoms with van der Waals surface area (Å²) in [5, 5.41) is 12.3. The first-order valence-electron chi connectivity index (χ1n) is 7.34. The van der Waals surface area contributed by atoms with E-state index in [9.17, 15) is 14.7 Å². The minimum absolute atomic E-state index is 0.0360. The number of amides is 1. The van der Waals surface area contributed by atoms with Crippen LogP contribution in [0, 0.1) is 23.7 Å². The number of carbonyl (C=O) groups excluding carboxylic acids is 1. The molecule has 3 rings (SSSR count).